The summed E-state index contributed by atoms with van der Waals surface area (Å²) in [6.45, 7) is 0.441. The Balaban J connectivity index is 1.97. The predicted octanol–water partition coefficient (Wildman–Crippen LogP) is 2.44. The minimum Gasteiger partial charge on any atom is -0.387 e. The van der Waals surface area contributed by atoms with Gasteiger partial charge < -0.3 is 5.11 Å². The van der Waals surface area contributed by atoms with Crippen LogP contribution >= 0.6 is 11.8 Å². The summed E-state index contributed by atoms with van der Waals surface area (Å²) in [5.41, 5.74) is 0.423. The van der Waals surface area contributed by atoms with Crippen LogP contribution in [0.3, 0.4) is 0 Å². The molecule has 0 amide bonds. The molecule has 0 saturated carbocycles. The van der Waals surface area contributed by atoms with Gasteiger partial charge in [-0.3, -0.25) is 4.90 Å². The van der Waals surface area contributed by atoms with Gasteiger partial charge in [0.25, 0.3) is 0 Å². The first-order valence-electron chi connectivity index (χ1n) is 5.99. The topological polar surface area (TPSA) is 23.5 Å². The van der Waals surface area contributed by atoms with Crippen molar-refractivity contribution in [2.24, 2.45) is 0 Å². The van der Waals surface area contributed by atoms with Crippen molar-refractivity contribution in [1.29, 1.82) is 0 Å². The van der Waals surface area contributed by atoms with Gasteiger partial charge in [-0.1, -0.05) is 6.07 Å². The Kier molecular flexibility index (Phi) is 4.59. The van der Waals surface area contributed by atoms with Gasteiger partial charge in [-0.2, -0.15) is 11.8 Å². The van der Waals surface area contributed by atoms with Crippen LogP contribution in [0.1, 0.15) is 18.1 Å². The van der Waals surface area contributed by atoms with Gasteiger partial charge in [0.2, 0.25) is 0 Å². The molecule has 100 valence electrons. The summed E-state index contributed by atoms with van der Waals surface area (Å²) in [5, 5.41) is 10.0. The van der Waals surface area contributed by atoms with Gasteiger partial charge in [-0.05, 0) is 36.9 Å². The van der Waals surface area contributed by atoms with Crippen LogP contribution in [0, 0.1) is 11.6 Å². The van der Waals surface area contributed by atoms with E-state index in [1.54, 1.807) is 0 Å². The normalized spacial score (nSPS) is 21.5. The maximum absolute atomic E-state index is 13.1. The van der Waals surface area contributed by atoms with E-state index in [0.717, 1.165) is 30.1 Å². The van der Waals surface area contributed by atoms with Crippen LogP contribution in [0.25, 0.3) is 0 Å². The van der Waals surface area contributed by atoms with Crippen LogP contribution in [-0.2, 0) is 0 Å². The number of rotatable bonds is 4. The zero-order valence-electron chi connectivity index (χ0n) is 10.3. The van der Waals surface area contributed by atoms with Gasteiger partial charge in [-0.25, -0.2) is 8.78 Å². The molecule has 2 unspecified atom stereocenters. The maximum atomic E-state index is 13.1. The van der Waals surface area contributed by atoms with Crippen molar-refractivity contribution in [3.8, 4) is 0 Å². The number of nitrogens with zero attached hydrogens (tertiary/aromatic N) is 1. The van der Waals surface area contributed by atoms with Crippen molar-refractivity contribution >= 4 is 11.8 Å². The van der Waals surface area contributed by atoms with Crippen LogP contribution in [0.4, 0.5) is 8.78 Å². The molecular weight excluding hydrogens is 256 g/mol. The summed E-state index contributed by atoms with van der Waals surface area (Å²) in [6, 6.07) is 4.02. The molecule has 2 nitrogen and oxygen atoms in total. The molecule has 0 spiro atoms. The highest BCUT2D eigenvalue weighted by Gasteiger charge is 2.22. The molecular formula is C13H17F2NOS. The monoisotopic (exact) mass is 273 g/mol. The lowest BCUT2D eigenvalue weighted by atomic mass is 10.1. The number of benzene rings is 1. The van der Waals surface area contributed by atoms with Crippen LogP contribution in [0.5, 0.6) is 0 Å². The molecule has 2 atom stereocenters. The van der Waals surface area contributed by atoms with Crippen molar-refractivity contribution in [3.63, 3.8) is 0 Å². The second-order valence-corrected chi connectivity index (χ2v) is 5.80. The number of hydrogen-bond donors (Lipinski definition) is 1. The third-order valence-electron chi connectivity index (χ3n) is 3.32. The van der Waals surface area contributed by atoms with Gasteiger partial charge >= 0.3 is 0 Å². The Morgan fingerprint density at radius 3 is 2.83 bits per heavy atom. The molecule has 1 aromatic rings. The van der Waals surface area contributed by atoms with E-state index < -0.39 is 17.7 Å². The van der Waals surface area contributed by atoms with Gasteiger partial charge in [0, 0.05) is 18.3 Å². The lowest BCUT2D eigenvalue weighted by molar-refractivity contribution is 0.109. The van der Waals surface area contributed by atoms with Crippen molar-refractivity contribution in [3.05, 3.63) is 35.4 Å². The van der Waals surface area contributed by atoms with Crippen LogP contribution in [0.15, 0.2) is 18.2 Å². The fourth-order valence-corrected chi connectivity index (χ4v) is 3.42. The average Bonchev–Trinajstić information content (AvgIpc) is 2.86. The lowest BCUT2D eigenvalue weighted by Crippen LogP contribution is -2.34. The highest BCUT2D eigenvalue weighted by molar-refractivity contribution is 7.99. The number of aliphatic hydroxyl groups excluding tert-OH is 1. The Bertz CT molecular complexity index is 410. The SMILES string of the molecule is CN(CC(O)c1ccc(F)c(F)c1)C1CCSC1. The highest BCUT2D eigenvalue weighted by atomic mass is 32.2. The molecule has 1 fully saturated rings. The smallest absolute Gasteiger partial charge is 0.159 e. The number of hydrogen-bond acceptors (Lipinski definition) is 3. The van der Waals surface area contributed by atoms with E-state index in [1.807, 2.05) is 18.8 Å². The third-order valence-corrected chi connectivity index (χ3v) is 4.46. The molecule has 1 N–H and O–H groups in total. The quantitative estimate of drug-likeness (QED) is 0.911. The van der Waals surface area contributed by atoms with Crippen LogP contribution in [-0.4, -0.2) is 41.1 Å². The molecule has 5 heteroatoms. The fourth-order valence-electron chi connectivity index (χ4n) is 2.12. The van der Waals surface area contributed by atoms with E-state index in [4.69, 9.17) is 0 Å². The second kappa shape index (κ2) is 5.99. The summed E-state index contributed by atoms with van der Waals surface area (Å²) in [5.74, 6) is 0.425. The second-order valence-electron chi connectivity index (χ2n) is 4.65. The average molecular weight is 273 g/mol. The number of aliphatic hydroxyl groups is 1. The first kappa shape index (κ1) is 13.8. The van der Waals surface area contributed by atoms with Crippen LogP contribution < -0.4 is 0 Å². The van der Waals surface area contributed by atoms with Gasteiger partial charge in [0.05, 0.1) is 6.10 Å². The first-order chi connectivity index (χ1) is 8.58. The standard InChI is InChI=1S/C13H17F2NOS/c1-16(10-4-5-18-8-10)7-13(17)9-2-3-11(14)12(15)6-9/h2-3,6,10,13,17H,4-5,7-8H2,1H3. The lowest BCUT2D eigenvalue weighted by Gasteiger charge is -2.26. The minimum atomic E-state index is -0.911. The molecule has 18 heavy (non-hydrogen) atoms. The van der Waals surface area contributed by atoms with E-state index in [2.05, 4.69) is 4.90 Å². The number of thioether (sulfide) groups is 1. The summed E-state index contributed by atoms with van der Waals surface area (Å²) in [4.78, 5) is 2.09. The number of likely N-dealkylation sites (N-methyl/N-ethyl adjacent to an activating group) is 1. The first-order valence-corrected chi connectivity index (χ1v) is 7.14. The van der Waals surface area contributed by atoms with Crippen molar-refractivity contribution in [1.82, 2.24) is 4.90 Å². The molecule has 0 aromatic heterocycles. The number of halogens is 2. The van der Waals surface area contributed by atoms with E-state index in [-0.39, 0.29) is 0 Å². The molecule has 0 radical (unpaired) electrons. The van der Waals surface area contributed by atoms with Crippen LogP contribution in [0.2, 0.25) is 0 Å². The molecule has 0 aliphatic carbocycles. The summed E-state index contributed by atoms with van der Waals surface area (Å²) in [7, 11) is 1.96. The summed E-state index contributed by atoms with van der Waals surface area (Å²) in [6.07, 6.45) is 0.335. The van der Waals surface area contributed by atoms with Gasteiger partial charge in [0.15, 0.2) is 11.6 Å². The largest absolute Gasteiger partial charge is 0.387 e. The molecule has 1 heterocycles. The van der Waals surface area contributed by atoms with E-state index in [0.29, 0.717) is 18.2 Å². The molecule has 2 rings (SSSR count). The van der Waals surface area contributed by atoms with E-state index >= 15 is 0 Å². The van der Waals surface area contributed by atoms with Gasteiger partial charge in [-0.15, -0.1) is 0 Å². The molecule has 1 saturated heterocycles. The molecule has 0 bridgehead atoms. The van der Waals surface area contributed by atoms with E-state index in [9.17, 15) is 13.9 Å². The molecule has 1 aromatic carbocycles. The van der Waals surface area contributed by atoms with Crippen molar-refractivity contribution in [2.45, 2.75) is 18.6 Å². The van der Waals surface area contributed by atoms with E-state index in [1.165, 1.54) is 6.07 Å². The summed E-state index contributed by atoms with van der Waals surface area (Å²) >= 11 is 1.90. The molecule has 1 aliphatic heterocycles. The zero-order valence-corrected chi connectivity index (χ0v) is 11.1. The third kappa shape index (κ3) is 3.22. The van der Waals surface area contributed by atoms with Crippen molar-refractivity contribution in [2.75, 3.05) is 25.1 Å². The Morgan fingerprint density at radius 1 is 1.44 bits per heavy atom. The predicted molar refractivity (Wildman–Crippen MR) is 69.7 cm³/mol. The summed E-state index contributed by atoms with van der Waals surface area (Å²) < 4.78 is 25.9. The Hall–Kier alpha value is -0.650. The maximum Gasteiger partial charge on any atom is 0.159 e. The minimum absolute atomic E-state index is 0.423. The fraction of sp³-hybridized carbons (Fsp3) is 0.538. The Morgan fingerprint density at radius 2 is 2.22 bits per heavy atom. The highest BCUT2D eigenvalue weighted by Crippen LogP contribution is 2.24. The zero-order chi connectivity index (χ0) is 13.1. The van der Waals surface area contributed by atoms with Gasteiger partial charge in [0.1, 0.15) is 0 Å². The van der Waals surface area contributed by atoms with Crippen molar-refractivity contribution < 1.29 is 13.9 Å². The Labute approximate surface area is 110 Å². The molecule has 1 aliphatic rings.